The van der Waals surface area contributed by atoms with Crippen LogP contribution in [0.25, 0.3) is 0 Å². The molecule has 2 nitrogen and oxygen atoms in total. The molecule has 0 saturated carbocycles. The minimum Gasteiger partial charge on any atom is -0.788 e. The summed E-state index contributed by atoms with van der Waals surface area (Å²) in [5.74, 6) is 0. The summed E-state index contributed by atoms with van der Waals surface area (Å²) in [6.45, 7) is 6.57. The standard InChI is InChI=1S/C5H12NO/c1-5(2,3)4-6-7/h6H,4H2,1-3H3/q-1. The average Bonchev–Trinajstić information content (AvgIpc) is 1.30. The van der Waals surface area contributed by atoms with Gasteiger partial charge in [-0.15, -0.1) is 0 Å². The molecule has 44 valence electrons. The fourth-order valence-electron chi connectivity index (χ4n) is 0.217. The van der Waals surface area contributed by atoms with E-state index in [9.17, 15) is 5.21 Å². The molecule has 0 spiro atoms. The van der Waals surface area contributed by atoms with Crippen LogP contribution in [0.4, 0.5) is 0 Å². The van der Waals surface area contributed by atoms with E-state index >= 15 is 0 Å². The first kappa shape index (κ1) is 6.92. The SMILES string of the molecule is CC(C)(C)CN[O-]. The van der Waals surface area contributed by atoms with E-state index < -0.39 is 0 Å². The van der Waals surface area contributed by atoms with Gasteiger partial charge < -0.3 is 10.7 Å². The van der Waals surface area contributed by atoms with Crippen molar-refractivity contribution >= 4 is 0 Å². The third-order valence-corrected chi connectivity index (χ3v) is 0.602. The Bertz CT molecular complexity index is 46.5. The second kappa shape index (κ2) is 2.28. The molecule has 2 heteroatoms. The fourth-order valence-corrected chi connectivity index (χ4v) is 0.217. The van der Waals surface area contributed by atoms with Gasteiger partial charge in [0.05, 0.1) is 0 Å². The lowest BCUT2D eigenvalue weighted by molar-refractivity contribution is 0.403. The second-order valence-corrected chi connectivity index (χ2v) is 2.88. The molecule has 0 aromatic carbocycles. The van der Waals surface area contributed by atoms with E-state index in [0.29, 0.717) is 6.54 Å². The van der Waals surface area contributed by atoms with Gasteiger partial charge in [-0.1, -0.05) is 20.8 Å². The Labute approximate surface area is 44.5 Å². The van der Waals surface area contributed by atoms with Gasteiger partial charge in [-0.2, -0.15) is 0 Å². The Hall–Kier alpha value is -0.0800. The molecule has 0 radical (unpaired) electrons. The summed E-state index contributed by atoms with van der Waals surface area (Å²) in [6.07, 6.45) is 0. The first-order valence-corrected chi connectivity index (χ1v) is 2.41. The monoisotopic (exact) mass is 102 g/mol. The largest absolute Gasteiger partial charge is 0.788 e. The lowest BCUT2D eigenvalue weighted by atomic mass is 9.98. The van der Waals surface area contributed by atoms with E-state index in [1.165, 1.54) is 0 Å². The van der Waals surface area contributed by atoms with Crippen molar-refractivity contribution in [2.45, 2.75) is 20.8 Å². The van der Waals surface area contributed by atoms with Crippen molar-refractivity contribution in [3.63, 3.8) is 0 Å². The van der Waals surface area contributed by atoms with Crippen LogP contribution in [0, 0.1) is 10.6 Å². The van der Waals surface area contributed by atoms with Crippen molar-refractivity contribution in [2.75, 3.05) is 6.54 Å². The fraction of sp³-hybridized carbons (Fsp3) is 1.00. The van der Waals surface area contributed by atoms with Gasteiger partial charge in [0, 0.05) is 0 Å². The minimum atomic E-state index is 0.127. The molecule has 0 bridgehead atoms. The molecule has 0 rings (SSSR count). The maximum Gasteiger partial charge on any atom is -0.0120 e. The van der Waals surface area contributed by atoms with Gasteiger partial charge in [-0.25, -0.2) is 0 Å². The molecule has 0 aliphatic heterocycles. The van der Waals surface area contributed by atoms with Crippen LogP contribution in [0.3, 0.4) is 0 Å². The highest BCUT2D eigenvalue weighted by Crippen LogP contribution is 2.09. The minimum absolute atomic E-state index is 0.127. The van der Waals surface area contributed by atoms with Crippen LogP contribution in [0.1, 0.15) is 20.8 Å². The van der Waals surface area contributed by atoms with Gasteiger partial charge in [0.15, 0.2) is 0 Å². The van der Waals surface area contributed by atoms with Gasteiger partial charge >= 0.3 is 0 Å². The smallest absolute Gasteiger partial charge is 0.0120 e. The molecule has 0 aliphatic carbocycles. The van der Waals surface area contributed by atoms with Crippen LogP contribution in [0.2, 0.25) is 0 Å². The van der Waals surface area contributed by atoms with E-state index in [1.54, 1.807) is 0 Å². The molecule has 1 N–H and O–H groups in total. The van der Waals surface area contributed by atoms with Gasteiger partial charge in [0.25, 0.3) is 0 Å². The molecule has 0 fully saturated rings. The third-order valence-electron chi connectivity index (χ3n) is 0.602. The zero-order valence-electron chi connectivity index (χ0n) is 5.12. The van der Waals surface area contributed by atoms with Crippen LogP contribution in [0.15, 0.2) is 0 Å². The lowest BCUT2D eigenvalue weighted by Gasteiger charge is -2.20. The third kappa shape index (κ3) is 5.92. The normalized spacial score (nSPS) is 12.0. The maximum absolute atomic E-state index is 9.70. The van der Waals surface area contributed by atoms with Crippen LogP contribution in [0.5, 0.6) is 0 Å². The summed E-state index contributed by atoms with van der Waals surface area (Å²) >= 11 is 0. The molecule has 7 heavy (non-hydrogen) atoms. The van der Waals surface area contributed by atoms with Crippen molar-refractivity contribution in [3.8, 4) is 0 Å². The average molecular weight is 102 g/mol. The Morgan fingerprint density at radius 1 is 1.43 bits per heavy atom. The summed E-state index contributed by atoms with van der Waals surface area (Å²) in [4.78, 5) is 0. The van der Waals surface area contributed by atoms with Crippen molar-refractivity contribution < 1.29 is 0 Å². The van der Waals surface area contributed by atoms with Crippen LogP contribution in [-0.4, -0.2) is 6.54 Å². The molecular weight excluding hydrogens is 90.1 g/mol. The molecule has 0 amide bonds. The Balaban J connectivity index is 3.15. The van der Waals surface area contributed by atoms with E-state index in [1.807, 2.05) is 26.3 Å². The van der Waals surface area contributed by atoms with Gasteiger partial charge in [-0.05, 0) is 12.0 Å². The van der Waals surface area contributed by atoms with Crippen molar-refractivity contribution in [3.05, 3.63) is 5.21 Å². The van der Waals surface area contributed by atoms with E-state index in [4.69, 9.17) is 0 Å². The van der Waals surface area contributed by atoms with Crippen LogP contribution in [-0.2, 0) is 0 Å². The number of hydrogen-bond donors (Lipinski definition) is 1. The highest BCUT2D eigenvalue weighted by atomic mass is 16.5. The van der Waals surface area contributed by atoms with E-state index in [-0.39, 0.29) is 5.41 Å². The van der Waals surface area contributed by atoms with Crippen LogP contribution >= 0.6 is 0 Å². The number of rotatable bonds is 1. The highest BCUT2D eigenvalue weighted by molar-refractivity contribution is 4.63. The zero-order chi connectivity index (χ0) is 5.91. The molecule has 0 aliphatic rings. The predicted octanol–water partition coefficient (Wildman–Crippen LogP) is 1.12. The summed E-state index contributed by atoms with van der Waals surface area (Å²) in [5, 5.41) is 9.70. The van der Waals surface area contributed by atoms with Gasteiger partial charge in [-0.3, -0.25) is 0 Å². The first-order chi connectivity index (χ1) is 3.06. The highest BCUT2D eigenvalue weighted by Gasteiger charge is 2.04. The molecule has 0 aromatic heterocycles. The van der Waals surface area contributed by atoms with Crippen molar-refractivity contribution in [1.82, 2.24) is 5.48 Å². The Kier molecular flexibility index (Phi) is 2.26. The number of nitrogens with one attached hydrogen (secondary N) is 1. The van der Waals surface area contributed by atoms with Gasteiger partial charge in [0.2, 0.25) is 0 Å². The molecule has 0 aromatic rings. The molecule has 0 unspecified atom stereocenters. The maximum atomic E-state index is 9.70. The second-order valence-electron chi connectivity index (χ2n) is 2.88. The van der Waals surface area contributed by atoms with Gasteiger partial charge in [0.1, 0.15) is 0 Å². The van der Waals surface area contributed by atoms with Crippen molar-refractivity contribution in [1.29, 1.82) is 0 Å². The van der Waals surface area contributed by atoms with Crippen LogP contribution < -0.4 is 5.48 Å². The number of hydrogen-bond acceptors (Lipinski definition) is 2. The quantitative estimate of drug-likeness (QED) is 0.503. The molecule has 0 heterocycles. The molecule has 0 saturated heterocycles. The zero-order valence-corrected chi connectivity index (χ0v) is 5.12. The number of hydroxylamine groups is 1. The van der Waals surface area contributed by atoms with Crippen molar-refractivity contribution in [2.24, 2.45) is 5.41 Å². The Morgan fingerprint density at radius 2 is 1.86 bits per heavy atom. The predicted molar refractivity (Wildman–Crippen MR) is 30.8 cm³/mol. The van der Waals surface area contributed by atoms with E-state index in [2.05, 4.69) is 0 Å². The summed E-state index contributed by atoms with van der Waals surface area (Å²) in [5.41, 5.74) is 1.98. The molecular formula is C5H12NO-. The summed E-state index contributed by atoms with van der Waals surface area (Å²) in [7, 11) is 0. The summed E-state index contributed by atoms with van der Waals surface area (Å²) in [6, 6.07) is 0. The van der Waals surface area contributed by atoms with E-state index in [0.717, 1.165) is 0 Å². The lowest BCUT2D eigenvalue weighted by Crippen LogP contribution is -2.21. The molecule has 0 atom stereocenters. The first-order valence-electron chi connectivity index (χ1n) is 2.41. The Morgan fingerprint density at radius 3 is 1.86 bits per heavy atom. The summed E-state index contributed by atoms with van der Waals surface area (Å²) < 4.78 is 0. The topological polar surface area (TPSA) is 35.1 Å².